The summed E-state index contributed by atoms with van der Waals surface area (Å²) in [4.78, 5) is 26.5. The molecule has 0 saturated carbocycles. The van der Waals surface area contributed by atoms with Gasteiger partial charge in [0.1, 0.15) is 0 Å². The van der Waals surface area contributed by atoms with E-state index in [0.29, 0.717) is 35.6 Å². The molecule has 2 aromatic carbocycles. The van der Waals surface area contributed by atoms with Crippen LogP contribution in [0.15, 0.2) is 70.6 Å². The Morgan fingerprint density at radius 3 is 2.22 bits per heavy atom. The fourth-order valence-corrected chi connectivity index (χ4v) is 5.24. The average molecular weight is 508 g/mol. The van der Waals surface area contributed by atoms with Crippen molar-refractivity contribution in [3.63, 3.8) is 0 Å². The molecular formula is C30H37NO4S. The zero-order chi connectivity index (χ0) is 25.9. The van der Waals surface area contributed by atoms with Crippen LogP contribution >= 0.6 is 0 Å². The van der Waals surface area contributed by atoms with Crippen LogP contribution in [0.3, 0.4) is 0 Å². The molecule has 0 amide bonds. The molecule has 1 heterocycles. The van der Waals surface area contributed by atoms with E-state index in [1.807, 2.05) is 55.1 Å². The first-order valence-electron chi connectivity index (χ1n) is 13.0. The monoisotopic (exact) mass is 507 g/mol. The molecule has 0 N–H and O–H groups in total. The Morgan fingerprint density at radius 1 is 0.861 bits per heavy atom. The Hall–Kier alpha value is -2.99. The van der Waals surface area contributed by atoms with E-state index >= 15 is 0 Å². The first-order chi connectivity index (χ1) is 17.5. The molecule has 0 spiro atoms. The molecule has 3 aromatic rings. The molecule has 192 valence electrons. The number of hydrogen-bond donors (Lipinski definition) is 0. The second-order valence-electron chi connectivity index (χ2n) is 8.95. The maximum atomic E-state index is 13.6. The number of nitrogens with zero attached hydrogens (tertiary/aromatic N) is 1. The highest BCUT2D eigenvalue weighted by Gasteiger charge is 2.14. The predicted molar refractivity (Wildman–Crippen MR) is 148 cm³/mol. The number of ether oxygens (including phenoxy) is 1. The Balaban J connectivity index is 1.88. The number of carbonyl (C=O) groups excluding carboxylic acids is 1. The molecule has 5 nitrogen and oxygen atoms in total. The molecule has 6 heteroatoms. The van der Waals surface area contributed by atoms with Gasteiger partial charge < -0.3 is 9.30 Å². The van der Waals surface area contributed by atoms with Crippen molar-refractivity contribution in [2.45, 2.75) is 70.7 Å². The Kier molecular flexibility index (Phi) is 10.7. The lowest BCUT2D eigenvalue weighted by molar-refractivity contribution is 0.0505. The summed E-state index contributed by atoms with van der Waals surface area (Å²) in [6.07, 6.45) is 10.1. The number of pyridine rings is 1. The highest BCUT2D eigenvalue weighted by atomic mass is 32.2. The molecule has 0 aliphatic carbocycles. The van der Waals surface area contributed by atoms with Gasteiger partial charge in [0.15, 0.2) is 5.43 Å². The normalized spacial score (nSPS) is 11.9. The van der Waals surface area contributed by atoms with Crippen LogP contribution in [0.2, 0.25) is 0 Å². The number of carbonyl (C=O) groups is 1. The van der Waals surface area contributed by atoms with E-state index < -0.39 is 10.8 Å². The number of aromatic nitrogens is 1. The molecule has 36 heavy (non-hydrogen) atoms. The molecule has 1 atom stereocenters. The van der Waals surface area contributed by atoms with Gasteiger partial charge in [0.2, 0.25) is 0 Å². The van der Waals surface area contributed by atoms with Crippen molar-refractivity contribution in [1.82, 2.24) is 4.57 Å². The smallest absolute Gasteiger partial charge is 0.338 e. The zero-order valence-corrected chi connectivity index (χ0v) is 22.4. The summed E-state index contributed by atoms with van der Waals surface area (Å²) < 4.78 is 20.1. The topological polar surface area (TPSA) is 65.4 Å². The maximum Gasteiger partial charge on any atom is 0.338 e. The van der Waals surface area contributed by atoms with Crippen LogP contribution in [0.4, 0.5) is 0 Å². The largest absolute Gasteiger partial charge is 0.462 e. The summed E-state index contributed by atoms with van der Waals surface area (Å²) in [5, 5.41) is 0. The van der Waals surface area contributed by atoms with Gasteiger partial charge in [-0.15, -0.1) is 0 Å². The molecular weight excluding hydrogens is 470 g/mol. The summed E-state index contributed by atoms with van der Waals surface area (Å²) in [6, 6.07) is 14.5. The fraction of sp³-hybridized carbons (Fsp3) is 0.400. The minimum absolute atomic E-state index is 0.0940. The molecule has 0 fully saturated rings. The van der Waals surface area contributed by atoms with E-state index in [1.54, 1.807) is 24.3 Å². The summed E-state index contributed by atoms with van der Waals surface area (Å²) in [5.74, 6) is 0.276. The first kappa shape index (κ1) is 27.6. The lowest BCUT2D eigenvalue weighted by Gasteiger charge is -2.12. The summed E-state index contributed by atoms with van der Waals surface area (Å²) >= 11 is 0. The number of hydrogen-bond acceptors (Lipinski definition) is 4. The lowest BCUT2D eigenvalue weighted by atomic mass is 10.00. The van der Waals surface area contributed by atoms with E-state index in [1.165, 1.54) is 19.3 Å². The van der Waals surface area contributed by atoms with Gasteiger partial charge in [-0.3, -0.25) is 9.00 Å². The van der Waals surface area contributed by atoms with E-state index in [2.05, 4.69) is 6.92 Å². The SMILES string of the molecule is CCCCCCCS(=O)c1cccc(-c2cn(CC)cc(-c3ccc(C(=O)OCCC)cc3)c2=O)c1. The zero-order valence-electron chi connectivity index (χ0n) is 21.6. The third kappa shape index (κ3) is 7.26. The standard InChI is InChI=1S/C30H37NO4S/c1-4-7-8-9-10-19-36(34)26-13-11-12-25(20-26)28-22-31(6-3)21-27(29(28)32)23-14-16-24(17-15-23)30(33)35-18-5-2/h11-17,20-22H,4-10,18-19H2,1-3H3. The Morgan fingerprint density at radius 2 is 1.56 bits per heavy atom. The minimum Gasteiger partial charge on any atom is -0.462 e. The van der Waals surface area contributed by atoms with Gasteiger partial charge in [-0.05, 0) is 55.2 Å². The molecule has 1 unspecified atom stereocenters. The number of unbranched alkanes of at least 4 members (excludes halogenated alkanes) is 4. The van der Waals surface area contributed by atoms with Crippen LogP contribution in [0.5, 0.6) is 0 Å². The summed E-state index contributed by atoms with van der Waals surface area (Å²) in [6.45, 7) is 7.24. The van der Waals surface area contributed by atoms with Gasteiger partial charge in [0.25, 0.3) is 0 Å². The number of rotatable bonds is 13. The number of esters is 1. The molecule has 0 saturated heterocycles. The quantitative estimate of drug-likeness (QED) is 0.187. The summed E-state index contributed by atoms with van der Waals surface area (Å²) in [5.41, 5.74) is 3.00. The second kappa shape index (κ2) is 13.9. The molecule has 3 rings (SSSR count). The molecule has 0 aliphatic heterocycles. The summed E-state index contributed by atoms with van der Waals surface area (Å²) in [7, 11) is -1.09. The van der Waals surface area contributed by atoms with Crippen LogP contribution in [0, 0.1) is 0 Å². The van der Waals surface area contributed by atoms with Crippen LogP contribution in [-0.2, 0) is 22.1 Å². The predicted octanol–water partition coefficient (Wildman–Crippen LogP) is 6.85. The van der Waals surface area contributed by atoms with Crippen LogP contribution in [-0.4, -0.2) is 27.1 Å². The van der Waals surface area contributed by atoms with Gasteiger partial charge >= 0.3 is 5.97 Å². The Labute approximate surface area is 217 Å². The van der Waals surface area contributed by atoms with Crippen molar-refractivity contribution in [2.24, 2.45) is 0 Å². The van der Waals surface area contributed by atoms with Gasteiger partial charge in [0.05, 0.1) is 23.0 Å². The van der Waals surface area contributed by atoms with Crippen LogP contribution in [0.1, 0.15) is 69.7 Å². The fourth-order valence-electron chi connectivity index (χ4n) is 4.05. The van der Waals surface area contributed by atoms with Gasteiger partial charge in [0, 0.05) is 40.7 Å². The van der Waals surface area contributed by atoms with E-state index in [0.717, 1.165) is 35.3 Å². The van der Waals surface area contributed by atoms with Crippen molar-refractivity contribution in [1.29, 1.82) is 0 Å². The van der Waals surface area contributed by atoms with Gasteiger partial charge in [-0.25, -0.2) is 4.79 Å². The van der Waals surface area contributed by atoms with Gasteiger partial charge in [-0.2, -0.15) is 0 Å². The molecule has 0 bridgehead atoms. The third-order valence-corrected chi connectivity index (χ3v) is 7.59. The highest BCUT2D eigenvalue weighted by Crippen LogP contribution is 2.24. The van der Waals surface area contributed by atoms with Crippen molar-refractivity contribution in [3.8, 4) is 22.3 Å². The van der Waals surface area contributed by atoms with E-state index in [-0.39, 0.29) is 11.4 Å². The first-order valence-corrected chi connectivity index (χ1v) is 14.3. The van der Waals surface area contributed by atoms with Crippen molar-refractivity contribution in [2.75, 3.05) is 12.4 Å². The van der Waals surface area contributed by atoms with Crippen LogP contribution in [0.25, 0.3) is 22.3 Å². The molecule has 0 radical (unpaired) electrons. The van der Waals surface area contributed by atoms with Crippen molar-refractivity contribution < 1.29 is 13.7 Å². The minimum atomic E-state index is -1.09. The Bertz CT molecular complexity index is 1230. The van der Waals surface area contributed by atoms with Crippen LogP contribution < -0.4 is 5.43 Å². The molecule has 1 aromatic heterocycles. The number of benzene rings is 2. The van der Waals surface area contributed by atoms with Gasteiger partial charge in [-0.1, -0.05) is 63.8 Å². The maximum absolute atomic E-state index is 13.6. The van der Waals surface area contributed by atoms with E-state index in [4.69, 9.17) is 4.74 Å². The highest BCUT2D eigenvalue weighted by molar-refractivity contribution is 7.85. The van der Waals surface area contributed by atoms with E-state index in [9.17, 15) is 13.8 Å². The number of aryl methyl sites for hydroxylation is 1. The lowest BCUT2D eigenvalue weighted by Crippen LogP contribution is -2.13. The third-order valence-electron chi connectivity index (χ3n) is 6.15. The average Bonchev–Trinajstić information content (AvgIpc) is 2.91. The second-order valence-corrected chi connectivity index (χ2v) is 10.5. The van der Waals surface area contributed by atoms with Crippen molar-refractivity contribution in [3.05, 3.63) is 76.7 Å². The van der Waals surface area contributed by atoms with Crippen molar-refractivity contribution >= 4 is 16.8 Å². The molecule has 0 aliphatic rings.